The van der Waals surface area contributed by atoms with Gasteiger partial charge in [0.1, 0.15) is 5.82 Å². The average molecular weight is 371 g/mol. The van der Waals surface area contributed by atoms with E-state index in [9.17, 15) is 4.79 Å². The number of aromatic nitrogens is 2. The molecule has 1 amide bonds. The van der Waals surface area contributed by atoms with Crippen molar-refractivity contribution in [2.24, 2.45) is 5.92 Å². The van der Waals surface area contributed by atoms with Crippen LogP contribution in [0.3, 0.4) is 0 Å². The molecule has 0 unspecified atom stereocenters. The van der Waals surface area contributed by atoms with E-state index in [1.165, 1.54) is 18.4 Å². The predicted octanol–water partition coefficient (Wildman–Crippen LogP) is 4.81. The number of anilines is 1. The summed E-state index contributed by atoms with van der Waals surface area (Å²) in [6, 6.07) is 6.13. The van der Waals surface area contributed by atoms with E-state index in [1.807, 2.05) is 12.1 Å². The number of imidazole rings is 1. The van der Waals surface area contributed by atoms with Gasteiger partial charge in [0.05, 0.1) is 17.6 Å². The number of fused-ring (bicyclic) bond motifs is 1. The van der Waals surface area contributed by atoms with Crippen LogP contribution in [0.2, 0.25) is 0 Å². The number of piperidine rings is 1. The van der Waals surface area contributed by atoms with E-state index in [4.69, 9.17) is 4.98 Å². The molecule has 27 heavy (non-hydrogen) atoms. The molecule has 1 saturated heterocycles. The molecule has 2 aromatic rings. The van der Waals surface area contributed by atoms with E-state index in [0.717, 1.165) is 68.4 Å². The van der Waals surface area contributed by atoms with Gasteiger partial charge in [-0.1, -0.05) is 27.2 Å². The van der Waals surface area contributed by atoms with Crippen molar-refractivity contribution in [3.05, 3.63) is 24.0 Å². The maximum Gasteiger partial charge on any atom is 0.224 e. The fourth-order valence-corrected chi connectivity index (χ4v) is 3.83. The average Bonchev–Trinajstić information content (AvgIpc) is 2.99. The number of benzene rings is 1. The number of carbonyl (C=O) groups excluding carboxylic acids is 1. The minimum Gasteiger partial charge on any atom is -0.327 e. The summed E-state index contributed by atoms with van der Waals surface area (Å²) >= 11 is 0. The summed E-state index contributed by atoms with van der Waals surface area (Å²) in [5.74, 6) is 2.08. The highest BCUT2D eigenvalue weighted by Crippen LogP contribution is 2.24. The van der Waals surface area contributed by atoms with Crippen LogP contribution in [0.15, 0.2) is 18.2 Å². The SMILES string of the molecule is CCCCC(=O)Nc1ccc2c(c1)nc(CN1CCC(C)CC1)n2CCC. The Balaban J connectivity index is 1.78. The van der Waals surface area contributed by atoms with E-state index in [-0.39, 0.29) is 5.91 Å². The van der Waals surface area contributed by atoms with E-state index in [0.29, 0.717) is 6.42 Å². The molecule has 5 heteroatoms. The molecule has 1 fully saturated rings. The van der Waals surface area contributed by atoms with Crippen molar-refractivity contribution in [2.45, 2.75) is 72.4 Å². The standard InChI is InChI=1S/C22H34N4O/c1-4-6-7-22(27)23-18-8-9-20-19(15-18)24-21(26(20)12-5-2)16-25-13-10-17(3)11-14-25/h8-9,15,17H,4-7,10-14,16H2,1-3H3,(H,23,27). The van der Waals surface area contributed by atoms with Crippen LogP contribution in [-0.2, 0) is 17.9 Å². The first kappa shape index (κ1) is 19.9. The first-order chi connectivity index (χ1) is 13.1. The smallest absolute Gasteiger partial charge is 0.224 e. The normalized spacial score (nSPS) is 16.1. The number of nitrogens with one attached hydrogen (secondary N) is 1. The summed E-state index contributed by atoms with van der Waals surface area (Å²) in [6.07, 6.45) is 6.19. The molecule has 1 aliphatic rings. The van der Waals surface area contributed by atoms with Gasteiger partial charge in [0, 0.05) is 18.7 Å². The van der Waals surface area contributed by atoms with Crippen LogP contribution in [0.5, 0.6) is 0 Å². The number of rotatable bonds is 8. The largest absolute Gasteiger partial charge is 0.327 e. The first-order valence-electron chi connectivity index (χ1n) is 10.6. The topological polar surface area (TPSA) is 50.2 Å². The van der Waals surface area contributed by atoms with Crippen molar-refractivity contribution in [2.75, 3.05) is 18.4 Å². The molecule has 0 radical (unpaired) electrons. The van der Waals surface area contributed by atoms with Crippen molar-refractivity contribution in [1.82, 2.24) is 14.5 Å². The van der Waals surface area contributed by atoms with E-state index in [2.05, 4.69) is 41.6 Å². The van der Waals surface area contributed by atoms with Gasteiger partial charge in [0.15, 0.2) is 0 Å². The fourth-order valence-electron chi connectivity index (χ4n) is 3.83. The highest BCUT2D eigenvalue weighted by molar-refractivity contribution is 5.93. The van der Waals surface area contributed by atoms with Crippen molar-refractivity contribution >= 4 is 22.6 Å². The third-order valence-electron chi connectivity index (χ3n) is 5.56. The number of hydrogen-bond donors (Lipinski definition) is 1. The number of amides is 1. The van der Waals surface area contributed by atoms with E-state index < -0.39 is 0 Å². The monoisotopic (exact) mass is 370 g/mol. The van der Waals surface area contributed by atoms with Crippen LogP contribution in [0, 0.1) is 5.92 Å². The summed E-state index contributed by atoms with van der Waals surface area (Å²) in [5, 5.41) is 3.02. The molecule has 3 rings (SSSR count). The Labute approximate surface area is 163 Å². The van der Waals surface area contributed by atoms with Crippen LogP contribution in [0.4, 0.5) is 5.69 Å². The highest BCUT2D eigenvalue weighted by Gasteiger charge is 2.19. The van der Waals surface area contributed by atoms with Gasteiger partial charge < -0.3 is 9.88 Å². The van der Waals surface area contributed by atoms with Crippen LogP contribution in [-0.4, -0.2) is 33.4 Å². The van der Waals surface area contributed by atoms with Gasteiger partial charge in [-0.25, -0.2) is 4.98 Å². The lowest BCUT2D eigenvalue weighted by Crippen LogP contribution is -2.33. The zero-order valence-corrected chi connectivity index (χ0v) is 17.1. The lowest BCUT2D eigenvalue weighted by atomic mass is 9.99. The van der Waals surface area contributed by atoms with Crippen LogP contribution < -0.4 is 5.32 Å². The van der Waals surface area contributed by atoms with Crippen molar-refractivity contribution in [3.63, 3.8) is 0 Å². The molecular weight excluding hydrogens is 336 g/mol. The fraction of sp³-hybridized carbons (Fsp3) is 0.636. The van der Waals surface area contributed by atoms with Gasteiger partial charge in [-0.2, -0.15) is 0 Å². The summed E-state index contributed by atoms with van der Waals surface area (Å²) < 4.78 is 2.36. The summed E-state index contributed by atoms with van der Waals surface area (Å²) in [4.78, 5) is 19.5. The van der Waals surface area contributed by atoms with Crippen molar-refractivity contribution in [3.8, 4) is 0 Å². The number of likely N-dealkylation sites (tertiary alicyclic amines) is 1. The number of hydrogen-bond acceptors (Lipinski definition) is 3. The summed E-state index contributed by atoms with van der Waals surface area (Å²) in [5.41, 5.74) is 3.00. The third-order valence-corrected chi connectivity index (χ3v) is 5.56. The van der Waals surface area contributed by atoms with Crippen LogP contribution in [0.1, 0.15) is 65.1 Å². The molecule has 0 aliphatic carbocycles. The zero-order valence-electron chi connectivity index (χ0n) is 17.1. The third kappa shape index (κ3) is 5.10. The molecule has 0 saturated carbocycles. The maximum absolute atomic E-state index is 12.0. The Bertz CT molecular complexity index is 759. The molecule has 0 atom stereocenters. The second kappa shape index (κ2) is 9.36. The Morgan fingerprint density at radius 3 is 2.70 bits per heavy atom. The van der Waals surface area contributed by atoms with E-state index >= 15 is 0 Å². The molecule has 5 nitrogen and oxygen atoms in total. The van der Waals surface area contributed by atoms with Crippen LogP contribution >= 0.6 is 0 Å². The molecule has 0 bridgehead atoms. The number of aryl methyl sites for hydroxylation is 1. The van der Waals surface area contributed by atoms with Gasteiger partial charge in [-0.05, 0) is 62.9 Å². The minimum atomic E-state index is 0.0897. The molecule has 1 aromatic carbocycles. The van der Waals surface area contributed by atoms with Gasteiger partial charge in [0.2, 0.25) is 5.91 Å². The molecule has 1 N–H and O–H groups in total. The Kier molecular flexibility index (Phi) is 6.89. The number of unbranched alkanes of at least 4 members (excludes halogenated alkanes) is 1. The lowest BCUT2D eigenvalue weighted by molar-refractivity contribution is -0.116. The quantitative estimate of drug-likeness (QED) is 0.726. The molecule has 1 aromatic heterocycles. The van der Waals surface area contributed by atoms with Gasteiger partial charge in [0.25, 0.3) is 0 Å². The molecule has 2 heterocycles. The zero-order chi connectivity index (χ0) is 19.2. The first-order valence-corrected chi connectivity index (χ1v) is 10.6. The number of nitrogens with zero attached hydrogens (tertiary/aromatic N) is 3. The van der Waals surface area contributed by atoms with Gasteiger partial charge in [-0.3, -0.25) is 9.69 Å². The Morgan fingerprint density at radius 2 is 2.00 bits per heavy atom. The maximum atomic E-state index is 12.0. The molecular formula is C22H34N4O. The number of carbonyl (C=O) groups is 1. The highest BCUT2D eigenvalue weighted by atomic mass is 16.1. The van der Waals surface area contributed by atoms with Crippen molar-refractivity contribution in [1.29, 1.82) is 0 Å². The minimum absolute atomic E-state index is 0.0897. The Hall–Kier alpha value is -1.88. The van der Waals surface area contributed by atoms with Crippen LogP contribution in [0.25, 0.3) is 11.0 Å². The van der Waals surface area contributed by atoms with Gasteiger partial charge >= 0.3 is 0 Å². The second-order valence-electron chi connectivity index (χ2n) is 7.99. The Morgan fingerprint density at radius 1 is 1.22 bits per heavy atom. The molecule has 1 aliphatic heterocycles. The molecule has 0 spiro atoms. The second-order valence-corrected chi connectivity index (χ2v) is 7.99. The van der Waals surface area contributed by atoms with Crippen molar-refractivity contribution < 1.29 is 4.79 Å². The lowest BCUT2D eigenvalue weighted by Gasteiger charge is -2.29. The molecule has 148 valence electrons. The summed E-state index contributed by atoms with van der Waals surface area (Å²) in [7, 11) is 0. The summed E-state index contributed by atoms with van der Waals surface area (Å²) in [6.45, 7) is 10.9. The van der Waals surface area contributed by atoms with Gasteiger partial charge in [-0.15, -0.1) is 0 Å². The predicted molar refractivity (Wildman–Crippen MR) is 112 cm³/mol. The van der Waals surface area contributed by atoms with E-state index in [1.54, 1.807) is 0 Å².